The lowest BCUT2D eigenvalue weighted by atomic mass is 10.0. The van der Waals surface area contributed by atoms with E-state index < -0.39 is 6.04 Å². The summed E-state index contributed by atoms with van der Waals surface area (Å²) in [6.07, 6.45) is 6.50. The highest BCUT2D eigenvalue weighted by molar-refractivity contribution is 9.10. The number of aromatic nitrogens is 5. The molecule has 11 heteroatoms. The van der Waals surface area contributed by atoms with Crippen LogP contribution in [0.4, 0.5) is 5.82 Å². The molecule has 5 heterocycles. The monoisotopic (exact) mass is 616 g/mol. The van der Waals surface area contributed by atoms with Crippen molar-refractivity contribution >= 4 is 50.2 Å². The number of amides is 2. The van der Waals surface area contributed by atoms with Crippen LogP contribution in [-0.2, 0) is 16.1 Å². The largest absolute Gasteiger partial charge is 0.336 e. The van der Waals surface area contributed by atoms with Crippen molar-refractivity contribution < 1.29 is 15.8 Å². The van der Waals surface area contributed by atoms with Crippen LogP contribution in [0.3, 0.4) is 0 Å². The van der Waals surface area contributed by atoms with Gasteiger partial charge in [0.1, 0.15) is 28.8 Å². The number of carbonyl (C=O) groups is 3. The molecule has 3 atom stereocenters. The van der Waals surface area contributed by atoms with E-state index >= 15 is 0 Å². The minimum atomic E-state index is -0.654. The van der Waals surface area contributed by atoms with Crippen LogP contribution in [0.2, 0.25) is 0 Å². The van der Waals surface area contributed by atoms with Gasteiger partial charge in [-0.3, -0.25) is 19.4 Å². The van der Waals surface area contributed by atoms with Crippen LogP contribution in [0.25, 0.3) is 22.2 Å². The van der Waals surface area contributed by atoms with Crippen LogP contribution in [0.1, 0.15) is 55.5 Å². The van der Waals surface area contributed by atoms with Crippen LogP contribution < -0.4 is 5.32 Å². The van der Waals surface area contributed by atoms with E-state index in [1.165, 1.54) is 6.92 Å². The maximum Gasteiger partial charge on any atom is 0.248 e. The van der Waals surface area contributed by atoms with Gasteiger partial charge in [-0.1, -0.05) is 13.0 Å². The van der Waals surface area contributed by atoms with E-state index in [1.54, 1.807) is 41.0 Å². The van der Waals surface area contributed by atoms with Crippen LogP contribution >= 0.6 is 15.9 Å². The molecule has 1 saturated heterocycles. The van der Waals surface area contributed by atoms with Gasteiger partial charge in [-0.15, -0.1) is 0 Å². The first-order chi connectivity index (χ1) is 19.9. The molecule has 2 aliphatic rings. The number of halogens is 1. The minimum absolute atomic E-state index is 0.0291. The number of aryl methyl sites for hydroxylation is 3. The number of anilines is 1. The maximum atomic E-state index is 13.9. The number of hydrogen-bond donors (Lipinski definition) is 1. The van der Waals surface area contributed by atoms with Crippen LogP contribution in [0.15, 0.2) is 41.4 Å². The molecule has 2 amide bonds. The molecule has 0 unspecified atom stereocenters. The molecule has 1 aliphatic heterocycles. The molecule has 0 bridgehead atoms. The van der Waals surface area contributed by atoms with Gasteiger partial charge in [-0.05, 0) is 79.6 Å². The molecule has 41 heavy (non-hydrogen) atoms. The van der Waals surface area contributed by atoms with E-state index in [-0.39, 0.29) is 41.6 Å². The molecule has 1 aliphatic carbocycles. The average molecular weight is 618 g/mol. The van der Waals surface area contributed by atoms with Gasteiger partial charge in [0.15, 0.2) is 5.78 Å². The molecule has 0 aromatic carbocycles. The number of ketones is 1. The Labute approximate surface area is 247 Å². The Balaban J connectivity index is 1.31. The van der Waals surface area contributed by atoms with Gasteiger partial charge in [0.05, 0.1) is 18.3 Å². The van der Waals surface area contributed by atoms with E-state index in [0.29, 0.717) is 56.1 Å². The smallest absolute Gasteiger partial charge is 0.248 e. The van der Waals surface area contributed by atoms with Crippen molar-refractivity contribution in [3.63, 3.8) is 0 Å². The number of carbonyl (C=O) groups excluding carboxylic acids is 3. The van der Waals surface area contributed by atoms with Crippen molar-refractivity contribution in [2.45, 2.75) is 66.1 Å². The summed E-state index contributed by atoms with van der Waals surface area (Å²) in [5.41, 5.74) is 3.79. The van der Waals surface area contributed by atoms with Crippen molar-refractivity contribution in [1.29, 1.82) is 0 Å². The molecular formula is C30H30BrN7O3. The molecule has 2 fully saturated rings. The highest BCUT2D eigenvalue weighted by atomic mass is 79.9. The average Bonchev–Trinajstić information content (AvgIpc) is 3.28. The Morgan fingerprint density at radius 2 is 1.90 bits per heavy atom. The van der Waals surface area contributed by atoms with E-state index in [2.05, 4.69) is 43.1 Å². The van der Waals surface area contributed by atoms with Crippen molar-refractivity contribution in [3.05, 3.63) is 64.0 Å². The predicted molar refractivity (Wildman–Crippen MR) is 157 cm³/mol. The lowest BCUT2D eigenvalue weighted by Crippen LogP contribution is -2.46. The Hall–Kier alpha value is -3.99. The molecule has 6 rings (SSSR count). The summed E-state index contributed by atoms with van der Waals surface area (Å²) in [4.78, 5) is 59.4. The van der Waals surface area contributed by atoms with Gasteiger partial charge in [0.2, 0.25) is 11.8 Å². The van der Waals surface area contributed by atoms with Crippen molar-refractivity contribution in [2.24, 2.45) is 5.41 Å². The summed E-state index contributed by atoms with van der Waals surface area (Å²) in [6, 6.07) is 3.01. The summed E-state index contributed by atoms with van der Waals surface area (Å²) in [5, 5.41) is 3.59. The quantitative estimate of drug-likeness (QED) is 0.244. The summed E-state index contributed by atoms with van der Waals surface area (Å²) in [7, 11) is 0. The third-order valence-electron chi connectivity index (χ3n) is 8.25. The second-order valence-electron chi connectivity index (χ2n) is 11.3. The molecule has 0 radical (unpaired) electrons. The minimum Gasteiger partial charge on any atom is -0.336 e. The fourth-order valence-corrected chi connectivity index (χ4v) is 6.26. The Kier molecular flexibility index (Phi) is 6.22. The summed E-state index contributed by atoms with van der Waals surface area (Å²) in [5.74, 6) is 0.387. The number of piperidine rings is 1. The number of rotatable bonds is 6. The number of nitrogens with one attached hydrogen (secondary N) is 1. The van der Waals surface area contributed by atoms with Crippen molar-refractivity contribution in [2.75, 3.05) is 5.32 Å². The zero-order valence-corrected chi connectivity index (χ0v) is 25.0. The van der Waals surface area contributed by atoms with Gasteiger partial charge in [0, 0.05) is 41.1 Å². The van der Waals surface area contributed by atoms with Gasteiger partial charge in [0.25, 0.3) is 0 Å². The third-order valence-corrected chi connectivity index (χ3v) is 8.66. The predicted octanol–water partition coefficient (Wildman–Crippen LogP) is 4.80. The summed E-state index contributed by atoms with van der Waals surface area (Å²) in [6.45, 7) is 9.01. The molecule has 1 N–H and O–H groups in total. The fourth-order valence-electron chi connectivity index (χ4n) is 5.97. The lowest BCUT2D eigenvalue weighted by molar-refractivity contribution is -0.138. The summed E-state index contributed by atoms with van der Waals surface area (Å²) < 4.78 is 10.0. The lowest BCUT2D eigenvalue weighted by Gasteiger charge is -2.27. The van der Waals surface area contributed by atoms with E-state index in [4.69, 9.17) is 6.35 Å². The standard InChI is InChI=1S/C30H30BrN7O3/c1-15-6-7-25(31)35-28(15)36-29(41)23-9-30(5)10-24(30)38(23)26(40)14-37-13-21(17(3)39)20-8-22(34-16(2)27(20)37)19-11-32-18(4)33-12-19/h6-8,11-13,23-24H,9-10,14H2,1-5H3,(H,35,36,41)/t23-,24+,30-/m0/s1/i7D. The van der Waals surface area contributed by atoms with Crippen LogP contribution in [-0.4, -0.2) is 59.1 Å². The van der Waals surface area contributed by atoms with Crippen molar-refractivity contribution in [1.82, 2.24) is 29.4 Å². The maximum absolute atomic E-state index is 13.9. The first kappa shape index (κ1) is 25.9. The molecule has 4 aromatic rings. The van der Waals surface area contributed by atoms with Crippen LogP contribution in [0, 0.1) is 26.2 Å². The van der Waals surface area contributed by atoms with Crippen molar-refractivity contribution in [3.8, 4) is 11.3 Å². The highest BCUT2D eigenvalue weighted by Gasteiger charge is 2.64. The number of pyridine rings is 2. The van der Waals surface area contributed by atoms with Gasteiger partial charge >= 0.3 is 0 Å². The molecule has 210 valence electrons. The van der Waals surface area contributed by atoms with E-state index in [1.807, 2.05) is 19.9 Å². The Morgan fingerprint density at radius 1 is 1.17 bits per heavy atom. The molecule has 1 saturated carbocycles. The number of nitrogens with zero attached hydrogens (tertiary/aromatic N) is 6. The second-order valence-corrected chi connectivity index (χ2v) is 12.1. The number of likely N-dealkylation sites (tertiary alicyclic amines) is 1. The molecule has 10 nitrogen and oxygen atoms in total. The third kappa shape index (κ3) is 4.81. The molecule has 0 spiro atoms. The van der Waals surface area contributed by atoms with E-state index in [0.717, 1.165) is 12.0 Å². The van der Waals surface area contributed by atoms with Gasteiger partial charge < -0.3 is 14.8 Å². The second kappa shape index (κ2) is 9.83. The number of hydrogen-bond acceptors (Lipinski definition) is 7. The first-order valence-corrected chi connectivity index (χ1v) is 14.2. The van der Waals surface area contributed by atoms with Crippen LogP contribution in [0.5, 0.6) is 0 Å². The van der Waals surface area contributed by atoms with Gasteiger partial charge in [-0.25, -0.2) is 15.0 Å². The number of fused-ring (bicyclic) bond motifs is 2. The normalized spacial score (nSPS) is 21.5. The Morgan fingerprint density at radius 3 is 2.61 bits per heavy atom. The molecular weight excluding hydrogens is 586 g/mol. The first-order valence-electron chi connectivity index (χ1n) is 13.9. The Bertz CT molecular complexity index is 1810. The number of Topliss-reactive ketones (excluding diaryl/α,β-unsaturated/α-hetero) is 1. The summed E-state index contributed by atoms with van der Waals surface area (Å²) >= 11 is 3.26. The highest BCUT2D eigenvalue weighted by Crippen LogP contribution is 2.59. The zero-order valence-electron chi connectivity index (χ0n) is 24.4. The SMILES string of the molecule is [2H]c1cc(C)c(NC(=O)[C@@H]2C[C@@]3(C)C[C@H]3N2C(=O)Cn2cc(C(C)=O)c3cc(-c4cnc(C)nc4)nc(C)c32)nc1Br. The van der Waals surface area contributed by atoms with E-state index in [9.17, 15) is 14.4 Å². The van der Waals surface area contributed by atoms with Gasteiger partial charge in [-0.2, -0.15) is 0 Å². The fraction of sp³-hybridized carbons (Fsp3) is 0.367. The zero-order chi connectivity index (χ0) is 30.1. The molecule has 4 aromatic heterocycles. The topological polar surface area (TPSA) is 123 Å².